The average Bonchev–Trinajstić information content (AvgIpc) is 2.20. The van der Waals surface area contributed by atoms with Crippen molar-refractivity contribution in [3.8, 4) is 5.75 Å². The second-order valence-electron chi connectivity index (χ2n) is 2.42. The number of phenols is 1. The van der Waals surface area contributed by atoms with Crippen LogP contribution in [0, 0.1) is 7.43 Å². The van der Waals surface area contributed by atoms with Crippen molar-refractivity contribution < 1.29 is 26.0 Å². The van der Waals surface area contributed by atoms with Crippen LogP contribution in [0.2, 0.25) is 0 Å². The van der Waals surface area contributed by atoms with Crippen molar-refractivity contribution in [2.24, 2.45) is 0 Å². The monoisotopic (exact) mass is 320 g/mol. The second-order valence-corrected chi connectivity index (χ2v) is 6.16. The van der Waals surface area contributed by atoms with Crippen LogP contribution in [-0.2, 0) is 20.8 Å². The quantitative estimate of drug-likeness (QED) is 0.749. The fraction of sp³-hybridized carbons (Fsp3) is 0. The number of hydrogen-bond acceptors (Lipinski definition) is 2. The van der Waals surface area contributed by atoms with E-state index in [0.29, 0.717) is 5.52 Å². The van der Waals surface area contributed by atoms with Crippen LogP contribution in [0.3, 0.4) is 0 Å². The molecule has 5 heteroatoms. The molecule has 0 aliphatic rings. The number of pyridine rings is 1. The molecule has 0 unspecified atom stereocenters. The van der Waals surface area contributed by atoms with Crippen molar-refractivity contribution in [3.05, 3.63) is 44.0 Å². The third kappa shape index (κ3) is 4.50. The molecule has 0 amide bonds. The molecule has 0 aliphatic heterocycles. The summed E-state index contributed by atoms with van der Waals surface area (Å²) in [6.45, 7) is 0. The molecule has 2 nitrogen and oxygen atoms in total. The topological polar surface area (TPSA) is 33.1 Å². The van der Waals surface area contributed by atoms with E-state index in [2.05, 4.69) is 4.98 Å². The first-order valence-corrected chi connectivity index (χ1v) is 10.1. The van der Waals surface area contributed by atoms with Crippen LogP contribution in [0.15, 0.2) is 36.5 Å². The molecule has 1 aromatic carbocycles. The molecule has 2 rings (SSSR count). The van der Waals surface area contributed by atoms with Gasteiger partial charge in [-0.3, -0.25) is 4.98 Å². The first-order valence-electron chi connectivity index (χ1n) is 3.78. The molecule has 80 valence electrons. The molecule has 0 fully saturated rings. The fourth-order valence-electron chi connectivity index (χ4n) is 1.09. The number of hydrogen-bond donors (Lipinski definition) is 1. The Labute approximate surface area is 108 Å². The Morgan fingerprint density at radius 2 is 1.73 bits per heavy atom. The summed E-state index contributed by atoms with van der Waals surface area (Å²) in [5, 5.41) is 10.3. The summed E-state index contributed by atoms with van der Waals surface area (Å²) in [6, 6.07) is 9.13. The zero-order valence-electron chi connectivity index (χ0n) is 8.11. The number of rotatable bonds is 0. The standard InChI is InChI=1S/C9H7NO.CH3.2ClH.Zr/c11-8-5-1-3-7-4-2-6-10-9(7)8;;;;/h1-6,11H;1H3;2*1H;/q;-1;;;+2/p-2. The first kappa shape index (κ1) is 14.9. The molecule has 0 aliphatic carbocycles. The Balaban J connectivity index is 0.000000443. The van der Waals surface area contributed by atoms with Gasteiger partial charge in [0.05, 0.1) is 0 Å². The predicted octanol–water partition coefficient (Wildman–Crippen LogP) is 3.77. The molecule has 0 saturated carbocycles. The molecule has 0 atom stereocenters. The van der Waals surface area contributed by atoms with Crippen LogP contribution < -0.4 is 0 Å². The second kappa shape index (κ2) is 8.09. The van der Waals surface area contributed by atoms with Gasteiger partial charge in [0.25, 0.3) is 0 Å². The van der Waals surface area contributed by atoms with Gasteiger partial charge in [-0.25, -0.2) is 0 Å². The molecule has 2 aromatic rings. The fourth-order valence-corrected chi connectivity index (χ4v) is 1.09. The zero-order chi connectivity index (χ0) is 10.4. The van der Waals surface area contributed by atoms with Gasteiger partial charge in [0.2, 0.25) is 0 Å². The van der Waals surface area contributed by atoms with Gasteiger partial charge >= 0.3 is 37.9 Å². The van der Waals surface area contributed by atoms with E-state index < -0.39 is 20.8 Å². The van der Waals surface area contributed by atoms with Crippen molar-refractivity contribution in [1.82, 2.24) is 4.98 Å². The van der Waals surface area contributed by atoms with Crippen molar-refractivity contribution in [2.45, 2.75) is 0 Å². The van der Waals surface area contributed by atoms with Gasteiger partial charge in [0, 0.05) is 11.6 Å². The summed E-state index contributed by atoms with van der Waals surface area (Å²) < 4.78 is 0. The first-order chi connectivity index (χ1) is 6.79. The Morgan fingerprint density at radius 1 is 1.13 bits per heavy atom. The van der Waals surface area contributed by atoms with Crippen molar-refractivity contribution in [1.29, 1.82) is 0 Å². The van der Waals surface area contributed by atoms with Gasteiger partial charge in [-0.1, -0.05) is 18.2 Å². The number of aromatic nitrogens is 1. The average molecular weight is 322 g/mol. The maximum atomic E-state index is 9.31. The number of halogens is 2. The van der Waals surface area contributed by atoms with E-state index in [1.807, 2.05) is 18.2 Å². The predicted molar refractivity (Wildman–Crippen MR) is 61.5 cm³/mol. The minimum atomic E-state index is -0.826. The van der Waals surface area contributed by atoms with Crippen LogP contribution in [0.1, 0.15) is 0 Å². The molecule has 1 aromatic heterocycles. The summed E-state index contributed by atoms with van der Waals surface area (Å²) in [5.74, 6) is 0.239. The van der Waals surface area contributed by atoms with Crippen molar-refractivity contribution in [3.63, 3.8) is 0 Å². The van der Waals surface area contributed by atoms with Gasteiger partial charge in [-0.15, -0.1) is 0 Å². The summed E-state index contributed by atoms with van der Waals surface area (Å²) in [4.78, 5) is 4.03. The van der Waals surface area contributed by atoms with E-state index in [9.17, 15) is 5.11 Å². The summed E-state index contributed by atoms with van der Waals surface area (Å²) in [7, 11) is 9.87. The molecule has 0 bridgehead atoms. The molecular weight excluding hydrogens is 312 g/mol. The van der Waals surface area contributed by atoms with Crippen LogP contribution in [0.5, 0.6) is 5.75 Å². The van der Waals surface area contributed by atoms with E-state index >= 15 is 0 Å². The van der Waals surface area contributed by atoms with Crippen molar-refractivity contribution in [2.75, 3.05) is 0 Å². The molecule has 0 radical (unpaired) electrons. The number of para-hydroxylation sites is 1. The van der Waals surface area contributed by atoms with E-state index in [-0.39, 0.29) is 13.2 Å². The maximum absolute atomic E-state index is 9.31. The number of nitrogens with zero attached hydrogens (tertiary/aromatic N) is 1. The van der Waals surface area contributed by atoms with Crippen LogP contribution >= 0.6 is 17.0 Å². The Bertz CT molecular complexity index is 406. The van der Waals surface area contributed by atoms with E-state index in [4.69, 9.17) is 17.0 Å². The number of fused-ring (bicyclic) bond motifs is 1. The molecule has 15 heavy (non-hydrogen) atoms. The van der Waals surface area contributed by atoms with E-state index in [0.717, 1.165) is 5.39 Å². The zero-order valence-corrected chi connectivity index (χ0v) is 12.1. The molecule has 1 N–H and O–H groups in total. The van der Waals surface area contributed by atoms with Gasteiger partial charge in [0.15, 0.2) is 0 Å². The number of benzene rings is 1. The van der Waals surface area contributed by atoms with E-state index in [1.54, 1.807) is 18.3 Å². The Morgan fingerprint density at radius 3 is 2.33 bits per heavy atom. The molecule has 0 saturated heterocycles. The number of phenolic OH excluding ortho intramolecular Hbond substituents is 1. The van der Waals surface area contributed by atoms with Crippen molar-refractivity contribution >= 4 is 27.9 Å². The Hall–Kier alpha value is -0.107. The van der Waals surface area contributed by atoms with Crippen LogP contribution in [0.4, 0.5) is 0 Å². The Kier molecular flexibility index (Phi) is 8.04. The normalized spacial score (nSPS) is 8.40. The third-order valence-electron chi connectivity index (χ3n) is 1.61. The molecular formula is C10H10Cl2NOZr-. The van der Waals surface area contributed by atoms with Crippen LogP contribution in [-0.4, -0.2) is 10.1 Å². The third-order valence-corrected chi connectivity index (χ3v) is 1.61. The SMILES string of the molecule is Oc1cccc2cccnc12.[CH3-].[Cl][Zr][Cl]. The van der Waals surface area contributed by atoms with Gasteiger partial charge < -0.3 is 12.5 Å². The summed E-state index contributed by atoms with van der Waals surface area (Å²) >= 11 is -0.826. The van der Waals surface area contributed by atoms with Gasteiger partial charge in [-0.05, 0) is 12.1 Å². The van der Waals surface area contributed by atoms with Gasteiger partial charge in [-0.2, -0.15) is 0 Å². The van der Waals surface area contributed by atoms with Gasteiger partial charge in [0.1, 0.15) is 11.3 Å². The number of aromatic hydroxyl groups is 1. The molecule has 0 spiro atoms. The minimum absolute atomic E-state index is 0. The van der Waals surface area contributed by atoms with E-state index in [1.165, 1.54) is 0 Å². The van der Waals surface area contributed by atoms with Crippen LogP contribution in [0.25, 0.3) is 10.9 Å². The summed E-state index contributed by atoms with van der Waals surface area (Å²) in [5.41, 5.74) is 0.662. The molecule has 1 heterocycles. The summed E-state index contributed by atoms with van der Waals surface area (Å²) in [6.07, 6.45) is 1.67.